The van der Waals surface area contributed by atoms with E-state index in [9.17, 15) is 9.90 Å². The highest BCUT2D eigenvalue weighted by atomic mass is 16.5. The molecule has 0 unspecified atom stereocenters. The summed E-state index contributed by atoms with van der Waals surface area (Å²) in [6, 6.07) is 0. The maximum atomic E-state index is 11.4. The highest BCUT2D eigenvalue weighted by molar-refractivity contribution is 5.66. The van der Waals surface area contributed by atoms with Gasteiger partial charge in [0.05, 0.1) is 64.9 Å². The number of carboxylic acid groups (broad SMARTS) is 1. The number of carbonyl (C=O) groups is 1. The lowest BCUT2D eigenvalue weighted by Crippen LogP contribution is -2.42. The summed E-state index contributed by atoms with van der Waals surface area (Å²) in [7, 11) is 0. The molecule has 83 heavy (non-hydrogen) atoms. The molecule has 0 aromatic carbocycles. The first-order valence-corrected chi connectivity index (χ1v) is 35.2. The maximum Gasteiger partial charge on any atom is 0.305 e. The van der Waals surface area contributed by atoms with Gasteiger partial charge >= 0.3 is 5.97 Å². The average molecular weight is 1180 g/mol. The van der Waals surface area contributed by atoms with Crippen LogP contribution in [0.25, 0.3) is 0 Å². The summed E-state index contributed by atoms with van der Waals surface area (Å²) in [5, 5.41) is 16.1. The van der Waals surface area contributed by atoms with Gasteiger partial charge in [0.25, 0.3) is 0 Å². The molecule has 490 valence electrons. The van der Waals surface area contributed by atoms with Gasteiger partial charge in [0.1, 0.15) is 0 Å². The van der Waals surface area contributed by atoms with Crippen LogP contribution in [0, 0.1) is 5.41 Å². The van der Waals surface area contributed by atoms with Crippen LogP contribution < -0.4 is 10.6 Å². The Kier molecular flexibility index (Phi) is 70.4. The van der Waals surface area contributed by atoms with E-state index in [2.05, 4.69) is 72.9 Å². The third-order valence-electron chi connectivity index (χ3n) is 15.1. The van der Waals surface area contributed by atoms with E-state index in [0.29, 0.717) is 66.3 Å². The summed E-state index contributed by atoms with van der Waals surface area (Å²) in [6.07, 6.45) is 68.6. The summed E-state index contributed by atoms with van der Waals surface area (Å²) >= 11 is 0. The van der Waals surface area contributed by atoms with Crippen LogP contribution in [0.5, 0.6) is 0 Å². The van der Waals surface area contributed by atoms with E-state index in [-0.39, 0.29) is 19.6 Å². The van der Waals surface area contributed by atoms with Crippen LogP contribution in [0.4, 0.5) is 0 Å². The molecule has 0 bridgehead atoms. The van der Waals surface area contributed by atoms with Gasteiger partial charge in [-0.25, -0.2) is 0 Å². The van der Waals surface area contributed by atoms with E-state index in [0.717, 1.165) is 64.8 Å². The molecule has 0 aliphatic rings. The molecule has 0 amide bonds. The van der Waals surface area contributed by atoms with Gasteiger partial charge < -0.3 is 38.3 Å². The van der Waals surface area contributed by atoms with Crippen molar-refractivity contribution in [3.05, 3.63) is 36.5 Å². The lowest BCUT2D eigenvalue weighted by Gasteiger charge is -2.33. The molecule has 0 atom stereocenters. The van der Waals surface area contributed by atoms with Crippen LogP contribution >= 0.6 is 0 Å². The molecule has 0 radical (unpaired) electrons. The van der Waals surface area contributed by atoms with E-state index in [1.165, 1.54) is 231 Å². The summed E-state index contributed by atoms with van der Waals surface area (Å²) in [6.45, 7) is 15.5. The second kappa shape index (κ2) is 72.3. The number of hydrogen-bond acceptors (Lipinski definition) is 11. The molecule has 12 heteroatoms. The number of aliphatic imine (C=N–C) groups is 1. The summed E-state index contributed by atoms with van der Waals surface area (Å²) < 4.78 is 42.3. The quantitative estimate of drug-likeness (QED) is 0.0176. The zero-order valence-corrected chi connectivity index (χ0v) is 54.9. The van der Waals surface area contributed by atoms with Crippen molar-refractivity contribution >= 4 is 12.4 Å². The topological polar surface area (TPSA) is 138 Å². The van der Waals surface area contributed by atoms with Gasteiger partial charge in [-0.3, -0.25) is 20.4 Å². The number of nitrogens with one attached hydrogen (secondary N) is 2. The highest BCUT2D eigenvalue weighted by Gasteiger charge is 2.32. The molecule has 0 aliphatic heterocycles. The van der Waals surface area contributed by atoms with Crippen molar-refractivity contribution in [1.82, 2.24) is 10.6 Å². The minimum atomic E-state index is -0.884. The van der Waals surface area contributed by atoms with Gasteiger partial charge in [0.15, 0.2) is 6.40 Å². The van der Waals surface area contributed by atoms with Crippen molar-refractivity contribution in [3.63, 3.8) is 0 Å². The fraction of sp³-hybridized carbons (Fsp3) is 0.887. The first kappa shape index (κ1) is 80.8. The number of hydrogen-bond donors (Lipinski definition) is 3. The van der Waals surface area contributed by atoms with E-state index in [1.807, 2.05) is 0 Å². The van der Waals surface area contributed by atoms with Gasteiger partial charge in [-0.1, -0.05) is 211 Å². The Bertz CT molecular complexity index is 1310. The fourth-order valence-electron chi connectivity index (χ4n) is 9.82. The second-order valence-corrected chi connectivity index (χ2v) is 23.7. The van der Waals surface area contributed by atoms with Crippen molar-refractivity contribution in [1.29, 1.82) is 0 Å². The monoisotopic (exact) mass is 1180 g/mol. The van der Waals surface area contributed by atoms with Crippen LogP contribution in [-0.2, 0) is 38.0 Å². The Labute approximate surface area is 513 Å². The summed E-state index contributed by atoms with van der Waals surface area (Å²) in [5.41, 5.74) is -0.601. The predicted octanol–water partition coefficient (Wildman–Crippen LogP) is 18.8. The molecule has 3 N–H and O–H groups in total. The number of ether oxygens (including phenoxy) is 7. The normalized spacial score (nSPS) is 12.3. The van der Waals surface area contributed by atoms with Gasteiger partial charge in [0, 0.05) is 39.6 Å². The summed E-state index contributed by atoms with van der Waals surface area (Å²) in [5.74, 6) is -0.884. The van der Waals surface area contributed by atoms with Gasteiger partial charge in [0.2, 0.25) is 0 Å². The average Bonchev–Trinajstić information content (AvgIpc) is 3.50. The lowest BCUT2D eigenvalue weighted by molar-refractivity contribution is -0.140. The van der Waals surface area contributed by atoms with Crippen LogP contribution in [-0.4, -0.2) is 123 Å². The molecule has 0 aliphatic carbocycles. The van der Waals surface area contributed by atoms with Crippen LogP contribution in [0.2, 0.25) is 0 Å². The highest BCUT2D eigenvalue weighted by Crippen LogP contribution is 2.22. The van der Waals surface area contributed by atoms with E-state index >= 15 is 0 Å². The molecule has 0 aromatic heterocycles. The molecule has 0 heterocycles. The van der Waals surface area contributed by atoms with E-state index in [1.54, 1.807) is 6.40 Å². The number of nitrogens with zero attached hydrogens (tertiary/aromatic N) is 1. The minimum absolute atomic E-state index is 0.0635. The molecule has 12 nitrogen and oxygen atoms in total. The molecule has 0 aromatic rings. The van der Waals surface area contributed by atoms with Crippen molar-refractivity contribution in [2.24, 2.45) is 10.4 Å². The number of allylic oxidation sites excluding steroid dienone is 6. The number of rotatable bonds is 73. The van der Waals surface area contributed by atoms with Crippen molar-refractivity contribution in [2.75, 3.05) is 106 Å². The Hall–Kier alpha value is -2.16. The molecule has 0 rings (SSSR count). The summed E-state index contributed by atoms with van der Waals surface area (Å²) in [4.78, 5) is 15.8. The largest absolute Gasteiger partial charge is 0.483 e. The Morgan fingerprint density at radius 1 is 0.361 bits per heavy atom. The predicted molar refractivity (Wildman–Crippen MR) is 353 cm³/mol. The SMILES string of the molecule is CCCCCCCC/C=C/CCCCCCCOC=NCCCOCC(COCCCNCOCCCCCCC/C=C/CCCCCCCC)(COCCCNCOCCCCCCC/C=C/CCCCCCCC)COCCC(=O)O. The maximum absolute atomic E-state index is 11.4. The molecule has 0 fully saturated rings. The second-order valence-electron chi connectivity index (χ2n) is 23.7. The zero-order chi connectivity index (χ0) is 59.8. The van der Waals surface area contributed by atoms with Crippen LogP contribution in [0.3, 0.4) is 0 Å². The van der Waals surface area contributed by atoms with Crippen molar-refractivity contribution in [3.8, 4) is 0 Å². The van der Waals surface area contributed by atoms with Crippen LogP contribution in [0.15, 0.2) is 41.4 Å². The molecular weight excluding hydrogens is 1040 g/mol. The van der Waals surface area contributed by atoms with Gasteiger partial charge in [-0.15, -0.1) is 0 Å². The number of carboxylic acids is 1. The van der Waals surface area contributed by atoms with Gasteiger partial charge in [-0.05, 0) is 129 Å². The molecule has 0 spiro atoms. The number of unbranched alkanes of at least 4 members (excludes halogenated alkanes) is 33. The standard InChI is InChI=1S/C71H137N3O9/c1-4-7-10-13-16-19-22-25-28-31-34-37-40-43-46-56-81-67-72-53-49-59-77-63-71(66-80-62-52-70(75)76,64-78-60-50-54-73-68-82-57-47-44-41-38-35-32-29-26-23-20-17-14-11-8-5-2)65-79-61-51-55-74-69-83-58-48-45-42-39-36-33-30-27-24-21-18-15-12-9-6-3/h25-30,67,73-74H,4-24,31-66,68-69H2,1-3H3,(H,75,76)/b28-25+,29-26+,30-27+,72-67?. The van der Waals surface area contributed by atoms with Gasteiger partial charge in [-0.2, -0.15) is 0 Å². The number of aliphatic carboxylic acids is 1. The van der Waals surface area contributed by atoms with E-state index < -0.39 is 11.4 Å². The molecular formula is C71H137N3O9. The lowest BCUT2D eigenvalue weighted by atomic mass is 9.92. The van der Waals surface area contributed by atoms with Crippen LogP contribution in [0.1, 0.15) is 297 Å². The first-order chi connectivity index (χ1) is 41.1. The molecule has 0 saturated heterocycles. The third-order valence-corrected chi connectivity index (χ3v) is 15.1. The third kappa shape index (κ3) is 68.8. The fourth-order valence-corrected chi connectivity index (χ4v) is 9.82. The van der Waals surface area contributed by atoms with Crippen molar-refractivity contribution in [2.45, 2.75) is 297 Å². The van der Waals surface area contributed by atoms with Crippen molar-refractivity contribution < 1.29 is 43.1 Å². The first-order valence-electron chi connectivity index (χ1n) is 35.2. The smallest absolute Gasteiger partial charge is 0.305 e. The molecule has 0 saturated carbocycles. The Balaban J connectivity index is 4.66. The van der Waals surface area contributed by atoms with E-state index in [4.69, 9.17) is 33.2 Å². The Morgan fingerprint density at radius 3 is 1.02 bits per heavy atom. The Morgan fingerprint density at radius 2 is 0.663 bits per heavy atom. The zero-order valence-electron chi connectivity index (χ0n) is 54.9. The minimum Gasteiger partial charge on any atom is -0.483 e.